The average Bonchev–Trinajstić information content (AvgIpc) is 2.33. The third kappa shape index (κ3) is 6.48. The molecule has 2 unspecified atom stereocenters. The summed E-state index contributed by atoms with van der Waals surface area (Å²) in [7, 11) is 0. The fraction of sp³-hybridized carbons (Fsp3) is 0.625. The summed E-state index contributed by atoms with van der Waals surface area (Å²) in [4.78, 5) is 0. The fourth-order valence-corrected chi connectivity index (χ4v) is 2.06. The van der Waals surface area contributed by atoms with Crippen LogP contribution >= 0.6 is 0 Å². The van der Waals surface area contributed by atoms with Crippen molar-refractivity contribution in [3.63, 3.8) is 0 Å². The molecule has 0 heterocycles. The van der Waals surface area contributed by atoms with Crippen molar-refractivity contribution in [3.8, 4) is 0 Å². The number of rotatable bonds is 5. The molecule has 0 aliphatic rings. The van der Waals surface area contributed by atoms with Crippen LogP contribution in [-0.2, 0) is 5.41 Å². The average molecular weight is 303 g/mol. The van der Waals surface area contributed by atoms with Gasteiger partial charge in [0.25, 0.3) is 0 Å². The first-order chi connectivity index (χ1) is 9.49. The van der Waals surface area contributed by atoms with Gasteiger partial charge in [-0.25, -0.2) is 0 Å². The Bertz CT molecular complexity index is 434. The maximum atomic E-state index is 12.2. The van der Waals surface area contributed by atoms with Crippen molar-refractivity contribution in [1.82, 2.24) is 5.32 Å². The number of aliphatic hydroxyl groups is 1. The Labute approximate surface area is 124 Å². The molecule has 0 amide bonds. The summed E-state index contributed by atoms with van der Waals surface area (Å²) in [6, 6.07) is 6.81. The molecule has 21 heavy (non-hydrogen) atoms. The van der Waals surface area contributed by atoms with E-state index < -0.39 is 24.7 Å². The largest absolute Gasteiger partial charge is 0.390 e. The second-order valence-corrected chi connectivity index (χ2v) is 6.52. The third-order valence-corrected chi connectivity index (χ3v) is 3.36. The van der Waals surface area contributed by atoms with Gasteiger partial charge >= 0.3 is 6.18 Å². The highest BCUT2D eigenvalue weighted by molar-refractivity contribution is 5.28. The SMILES string of the molecule is CC(CC(F)(F)F)NCC(O)c1ccc(C(C)(C)C)cc1. The number of hydrogen-bond acceptors (Lipinski definition) is 2. The van der Waals surface area contributed by atoms with E-state index in [2.05, 4.69) is 26.1 Å². The van der Waals surface area contributed by atoms with E-state index in [1.165, 1.54) is 6.92 Å². The van der Waals surface area contributed by atoms with Crippen molar-refractivity contribution in [3.05, 3.63) is 35.4 Å². The van der Waals surface area contributed by atoms with Crippen LogP contribution in [0, 0.1) is 0 Å². The number of nitrogens with one attached hydrogen (secondary N) is 1. The van der Waals surface area contributed by atoms with Crippen LogP contribution in [0.25, 0.3) is 0 Å². The summed E-state index contributed by atoms with van der Waals surface area (Å²) in [5, 5.41) is 12.7. The highest BCUT2D eigenvalue weighted by Crippen LogP contribution is 2.24. The number of benzene rings is 1. The molecule has 2 atom stereocenters. The Kier molecular flexibility index (Phi) is 5.82. The molecule has 0 saturated carbocycles. The van der Waals surface area contributed by atoms with E-state index in [0.29, 0.717) is 5.56 Å². The Morgan fingerprint density at radius 2 is 1.62 bits per heavy atom. The molecule has 0 aliphatic carbocycles. The summed E-state index contributed by atoms with van der Waals surface area (Å²) < 4.78 is 36.6. The monoisotopic (exact) mass is 303 g/mol. The van der Waals surface area contributed by atoms with Crippen molar-refractivity contribution in [1.29, 1.82) is 0 Å². The van der Waals surface area contributed by atoms with E-state index >= 15 is 0 Å². The molecule has 2 nitrogen and oxygen atoms in total. The van der Waals surface area contributed by atoms with Gasteiger partial charge in [0.2, 0.25) is 0 Å². The first-order valence-electron chi connectivity index (χ1n) is 7.07. The third-order valence-electron chi connectivity index (χ3n) is 3.36. The van der Waals surface area contributed by atoms with Gasteiger partial charge in [0.1, 0.15) is 0 Å². The lowest BCUT2D eigenvalue weighted by Gasteiger charge is -2.21. The molecule has 0 aromatic heterocycles. The highest BCUT2D eigenvalue weighted by atomic mass is 19.4. The van der Waals surface area contributed by atoms with Gasteiger partial charge in [0.15, 0.2) is 0 Å². The van der Waals surface area contributed by atoms with E-state index in [9.17, 15) is 18.3 Å². The van der Waals surface area contributed by atoms with Gasteiger partial charge < -0.3 is 10.4 Å². The second kappa shape index (κ2) is 6.79. The van der Waals surface area contributed by atoms with Crippen molar-refractivity contribution >= 4 is 0 Å². The second-order valence-electron chi connectivity index (χ2n) is 6.52. The van der Waals surface area contributed by atoms with Gasteiger partial charge in [0.05, 0.1) is 12.5 Å². The van der Waals surface area contributed by atoms with Crippen LogP contribution in [0.3, 0.4) is 0 Å². The maximum Gasteiger partial charge on any atom is 0.390 e. The molecule has 120 valence electrons. The first-order valence-corrected chi connectivity index (χ1v) is 7.07. The van der Waals surface area contributed by atoms with E-state index in [0.717, 1.165) is 5.56 Å². The molecular formula is C16H24F3NO. The van der Waals surface area contributed by atoms with Crippen molar-refractivity contribution < 1.29 is 18.3 Å². The number of hydrogen-bond donors (Lipinski definition) is 2. The Morgan fingerprint density at radius 1 is 1.10 bits per heavy atom. The zero-order valence-corrected chi connectivity index (χ0v) is 13.0. The predicted molar refractivity (Wildman–Crippen MR) is 78.2 cm³/mol. The summed E-state index contributed by atoms with van der Waals surface area (Å²) in [5.41, 5.74) is 1.88. The van der Waals surface area contributed by atoms with Gasteiger partial charge in [-0.05, 0) is 23.5 Å². The van der Waals surface area contributed by atoms with Crippen LogP contribution < -0.4 is 5.32 Å². The minimum Gasteiger partial charge on any atom is -0.387 e. The van der Waals surface area contributed by atoms with Crippen molar-refractivity contribution in [2.75, 3.05) is 6.54 Å². The Hall–Kier alpha value is -1.07. The maximum absolute atomic E-state index is 12.2. The molecule has 0 aliphatic heterocycles. The molecule has 0 bridgehead atoms. The molecule has 0 fully saturated rings. The Morgan fingerprint density at radius 3 is 2.05 bits per heavy atom. The number of halogens is 3. The molecule has 0 saturated heterocycles. The molecule has 1 rings (SSSR count). The lowest BCUT2D eigenvalue weighted by atomic mass is 9.86. The highest BCUT2D eigenvalue weighted by Gasteiger charge is 2.29. The van der Waals surface area contributed by atoms with Crippen molar-refractivity contribution in [2.24, 2.45) is 0 Å². The summed E-state index contributed by atoms with van der Waals surface area (Å²) in [5.74, 6) is 0. The van der Waals surface area contributed by atoms with E-state index in [-0.39, 0.29) is 12.0 Å². The molecule has 1 aromatic rings. The molecule has 0 spiro atoms. The predicted octanol–water partition coefficient (Wildman–Crippen LogP) is 3.95. The lowest BCUT2D eigenvalue weighted by Crippen LogP contribution is -2.34. The Balaban J connectivity index is 2.54. The van der Waals surface area contributed by atoms with Gasteiger partial charge in [-0.1, -0.05) is 45.0 Å². The minimum absolute atomic E-state index is 0.0307. The molecular weight excluding hydrogens is 279 g/mol. The van der Waals surface area contributed by atoms with Crippen LogP contribution in [0.2, 0.25) is 0 Å². The summed E-state index contributed by atoms with van der Waals surface area (Å²) >= 11 is 0. The zero-order valence-electron chi connectivity index (χ0n) is 13.0. The molecule has 1 aromatic carbocycles. The van der Waals surface area contributed by atoms with E-state index in [4.69, 9.17) is 0 Å². The topological polar surface area (TPSA) is 32.3 Å². The lowest BCUT2D eigenvalue weighted by molar-refractivity contribution is -0.139. The number of aliphatic hydroxyl groups excluding tert-OH is 1. The van der Waals surface area contributed by atoms with Crippen LogP contribution in [0.4, 0.5) is 13.2 Å². The van der Waals surface area contributed by atoms with Crippen LogP contribution in [0.1, 0.15) is 51.3 Å². The van der Waals surface area contributed by atoms with Crippen molar-refractivity contribution in [2.45, 2.75) is 57.9 Å². The van der Waals surface area contributed by atoms with Gasteiger partial charge in [-0.2, -0.15) is 13.2 Å². The standard InChI is InChI=1S/C16H24F3NO/c1-11(9-16(17,18)19)20-10-14(21)12-5-7-13(8-6-12)15(2,3)4/h5-8,11,14,20-21H,9-10H2,1-4H3. The van der Waals surface area contributed by atoms with Gasteiger partial charge in [-0.15, -0.1) is 0 Å². The van der Waals surface area contributed by atoms with Crippen LogP contribution in [0.15, 0.2) is 24.3 Å². The van der Waals surface area contributed by atoms with Gasteiger partial charge in [0, 0.05) is 12.6 Å². The smallest absolute Gasteiger partial charge is 0.387 e. The number of alkyl halides is 3. The van der Waals surface area contributed by atoms with Crippen LogP contribution in [-0.4, -0.2) is 23.9 Å². The molecule has 5 heteroatoms. The normalized spacial score (nSPS) is 15.8. The zero-order chi connectivity index (χ0) is 16.3. The summed E-state index contributed by atoms with van der Waals surface area (Å²) in [6.07, 6.45) is -5.90. The van der Waals surface area contributed by atoms with E-state index in [1.54, 1.807) is 0 Å². The van der Waals surface area contributed by atoms with Crippen LogP contribution in [0.5, 0.6) is 0 Å². The van der Waals surface area contributed by atoms with E-state index in [1.807, 2.05) is 24.3 Å². The quantitative estimate of drug-likeness (QED) is 0.863. The molecule has 2 N–H and O–H groups in total. The van der Waals surface area contributed by atoms with Gasteiger partial charge in [-0.3, -0.25) is 0 Å². The molecule has 0 radical (unpaired) electrons. The fourth-order valence-electron chi connectivity index (χ4n) is 2.06. The first kappa shape index (κ1) is 18.0. The minimum atomic E-state index is -4.19. The summed E-state index contributed by atoms with van der Waals surface area (Å²) in [6.45, 7) is 7.85.